The van der Waals surface area contributed by atoms with E-state index >= 15 is 0 Å². The highest BCUT2D eigenvalue weighted by Crippen LogP contribution is 2.10. The lowest BCUT2D eigenvalue weighted by molar-refractivity contribution is -0.166. The van der Waals surface area contributed by atoms with Gasteiger partial charge in [0.05, 0.1) is 6.42 Å². The van der Waals surface area contributed by atoms with E-state index in [1.165, 1.54) is 44.9 Å². The van der Waals surface area contributed by atoms with E-state index in [2.05, 4.69) is 93.7 Å². The Labute approximate surface area is 384 Å². The molecule has 0 heterocycles. The minimum absolute atomic E-state index is 0.107. The fourth-order valence-electron chi connectivity index (χ4n) is 5.68. The summed E-state index contributed by atoms with van der Waals surface area (Å²) in [5, 5.41) is 0. The van der Waals surface area contributed by atoms with E-state index in [-0.39, 0.29) is 38.4 Å². The van der Waals surface area contributed by atoms with Gasteiger partial charge < -0.3 is 14.2 Å². The van der Waals surface area contributed by atoms with E-state index in [1.54, 1.807) is 6.08 Å². The predicted molar refractivity (Wildman–Crippen MR) is 269 cm³/mol. The quantitative estimate of drug-likeness (QED) is 0.0201. The number of ether oxygens (including phenoxy) is 3. The molecule has 0 aliphatic rings. The average molecular weight is 865 g/mol. The summed E-state index contributed by atoms with van der Waals surface area (Å²) in [5.41, 5.74) is 0. The van der Waals surface area contributed by atoms with E-state index in [0.29, 0.717) is 12.8 Å². The second-order valence-electron chi connectivity index (χ2n) is 15.1. The molecule has 6 nitrogen and oxygen atoms in total. The third-order valence-corrected chi connectivity index (χ3v) is 9.23. The van der Waals surface area contributed by atoms with E-state index in [1.807, 2.05) is 79.0 Å². The molecule has 0 aromatic rings. The fourth-order valence-corrected chi connectivity index (χ4v) is 5.68. The monoisotopic (exact) mass is 865 g/mol. The third-order valence-electron chi connectivity index (χ3n) is 9.23. The van der Waals surface area contributed by atoms with E-state index in [0.717, 1.165) is 64.2 Å². The SMILES string of the molecule is CC\C=C/C=C\C=C/C=C\C=C\C=C/C=C\CCCCCC(=O)OCC(COC(=O)C/C=C\C/C=C\C/C=C\CC)OC(=O)CCC/C=C\C/C=C\C/C=C\CCCCCCCC. The van der Waals surface area contributed by atoms with Gasteiger partial charge in [-0.25, -0.2) is 0 Å². The Morgan fingerprint density at radius 2 is 0.778 bits per heavy atom. The van der Waals surface area contributed by atoms with E-state index in [4.69, 9.17) is 14.2 Å². The summed E-state index contributed by atoms with van der Waals surface area (Å²) in [6.07, 6.45) is 72.6. The van der Waals surface area contributed by atoms with Crippen molar-refractivity contribution in [3.63, 3.8) is 0 Å². The van der Waals surface area contributed by atoms with Crippen LogP contribution in [0.4, 0.5) is 0 Å². The lowest BCUT2D eigenvalue weighted by atomic mass is 10.1. The van der Waals surface area contributed by atoms with Crippen molar-refractivity contribution in [1.82, 2.24) is 0 Å². The van der Waals surface area contributed by atoms with Crippen LogP contribution in [0.2, 0.25) is 0 Å². The summed E-state index contributed by atoms with van der Waals surface area (Å²) in [4.78, 5) is 37.7. The molecule has 0 saturated heterocycles. The molecule has 0 amide bonds. The van der Waals surface area contributed by atoms with Crippen molar-refractivity contribution in [1.29, 1.82) is 0 Å². The smallest absolute Gasteiger partial charge is 0.309 e. The summed E-state index contributed by atoms with van der Waals surface area (Å²) < 4.78 is 16.5. The van der Waals surface area contributed by atoms with Gasteiger partial charge in [0.2, 0.25) is 0 Å². The lowest BCUT2D eigenvalue weighted by Crippen LogP contribution is -2.30. The van der Waals surface area contributed by atoms with Crippen LogP contribution in [0.5, 0.6) is 0 Å². The molecule has 0 fully saturated rings. The second kappa shape index (κ2) is 49.7. The highest BCUT2D eigenvalue weighted by atomic mass is 16.6. The summed E-state index contributed by atoms with van der Waals surface area (Å²) >= 11 is 0. The predicted octanol–water partition coefficient (Wildman–Crippen LogP) is 15.9. The maximum Gasteiger partial charge on any atom is 0.309 e. The Hall–Kier alpha value is -4.97. The van der Waals surface area contributed by atoms with Crippen LogP contribution in [0, 0.1) is 0 Å². The van der Waals surface area contributed by atoms with Gasteiger partial charge in [-0.2, -0.15) is 0 Å². The first-order valence-corrected chi connectivity index (χ1v) is 24.1. The molecule has 0 aliphatic carbocycles. The summed E-state index contributed by atoms with van der Waals surface area (Å²) in [6, 6.07) is 0. The summed E-state index contributed by atoms with van der Waals surface area (Å²) in [6.45, 7) is 6.14. The number of carbonyl (C=O) groups is 3. The van der Waals surface area contributed by atoms with Crippen LogP contribution in [0.15, 0.2) is 158 Å². The van der Waals surface area contributed by atoms with Crippen LogP contribution in [-0.4, -0.2) is 37.2 Å². The average Bonchev–Trinajstić information content (AvgIpc) is 3.28. The van der Waals surface area contributed by atoms with E-state index < -0.39 is 18.0 Å². The molecule has 0 N–H and O–H groups in total. The number of hydrogen-bond acceptors (Lipinski definition) is 6. The molecule has 1 unspecified atom stereocenters. The van der Waals surface area contributed by atoms with Gasteiger partial charge in [-0.05, 0) is 83.5 Å². The van der Waals surface area contributed by atoms with Crippen LogP contribution in [0.25, 0.3) is 0 Å². The van der Waals surface area contributed by atoms with Gasteiger partial charge in [-0.3, -0.25) is 14.4 Å². The minimum Gasteiger partial charge on any atom is -0.462 e. The van der Waals surface area contributed by atoms with Crippen LogP contribution in [-0.2, 0) is 28.6 Å². The van der Waals surface area contributed by atoms with Crippen molar-refractivity contribution in [2.45, 2.75) is 168 Å². The summed E-state index contributed by atoms with van der Waals surface area (Å²) in [5.74, 6) is -1.20. The summed E-state index contributed by atoms with van der Waals surface area (Å²) in [7, 11) is 0. The van der Waals surface area contributed by atoms with Crippen LogP contribution in [0.3, 0.4) is 0 Å². The Balaban J connectivity index is 4.62. The Morgan fingerprint density at radius 3 is 1.35 bits per heavy atom. The molecule has 348 valence electrons. The van der Waals surface area contributed by atoms with Crippen LogP contribution >= 0.6 is 0 Å². The molecule has 6 heteroatoms. The highest BCUT2D eigenvalue weighted by Gasteiger charge is 2.19. The van der Waals surface area contributed by atoms with Gasteiger partial charge in [-0.1, -0.05) is 217 Å². The van der Waals surface area contributed by atoms with E-state index in [9.17, 15) is 14.4 Å². The molecule has 0 aromatic heterocycles. The highest BCUT2D eigenvalue weighted by molar-refractivity contribution is 5.72. The van der Waals surface area contributed by atoms with Crippen molar-refractivity contribution in [2.24, 2.45) is 0 Å². The maximum atomic E-state index is 12.7. The molecule has 1 atom stereocenters. The van der Waals surface area contributed by atoms with Gasteiger partial charge in [-0.15, -0.1) is 0 Å². The third kappa shape index (κ3) is 47.9. The zero-order valence-corrected chi connectivity index (χ0v) is 39.5. The molecular formula is C57H84O6. The zero-order valence-electron chi connectivity index (χ0n) is 39.5. The standard InChI is InChI=1S/C57H84O6/c1-4-7-10-13-16-19-21-23-25-27-28-30-31-33-35-38-41-44-47-50-56(59)62-53-54(52-61-55(58)49-46-43-40-37-18-15-12-9-6-3)63-57(60)51-48-45-42-39-36-34-32-29-26-24-22-20-17-14-11-8-5-2/h7,9-10,12-13,16,18-19,21,23-28,30-35,37,39,42-43,46,54H,4-6,8,11,14-15,17,20,22,29,36,38,40-41,44-45,47-53H2,1-3H3/b10-7-,12-9-,16-13-,21-19-,25-23-,26-24-,28-27+,31-30-,34-32-,35-33-,37-18-,42-39-,46-43-. The van der Waals surface area contributed by atoms with Crippen molar-refractivity contribution in [3.05, 3.63) is 158 Å². The number of carbonyl (C=O) groups excluding carboxylic acids is 3. The normalized spacial score (nSPS) is 13.5. The Morgan fingerprint density at radius 1 is 0.365 bits per heavy atom. The number of hydrogen-bond donors (Lipinski definition) is 0. The first-order valence-electron chi connectivity index (χ1n) is 24.1. The number of esters is 3. The van der Waals surface area contributed by atoms with Crippen molar-refractivity contribution in [2.75, 3.05) is 13.2 Å². The first kappa shape index (κ1) is 58.0. The van der Waals surface area contributed by atoms with Gasteiger partial charge in [0.15, 0.2) is 6.10 Å². The fraction of sp³-hybridized carbons (Fsp3) is 0.491. The van der Waals surface area contributed by atoms with Crippen LogP contribution < -0.4 is 0 Å². The number of rotatable bonds is 40. The topological polar surface area (TPSA) is 78.9 Å². The molecule has 0 radical (unpaired) electrons. The molecule has 0 saturated carbocycles. The van der Waals surface area contributed by atoms with Crippen molar-refractivity contribution in [3.8, 4) is 0 Å². The molecular weight excluding hydrogens is 781 g/mol. The number of unbranched alkanes of at least 4 members (excludes halogenated alkanes) is 10. The van der Waals surface area contributed by atoms with Gasteiger partial charge in [0.1, 0.15) is 13.2 Å². The second-order valence-corrected chi connectivity index (χ2v) is 15.1. The molecule has 63 heavy (non-hydrogen) atoms. The molecule has 0 rings (SSSR count). The minimum atomic E-state index is -0.865. The van der Waals surface area contributed by atoms with Crippen molar-refractivity contribution >= 4 is 17.9 Å². The largest absolute Gasteiger partial charge is 0.462 e. The Kier molecular flexibility index (Phi) is 45.8. The molecule has 0 aliphatic heterocycles. The van der Waals surface area contributed by atoms with Gasteiger partial charge >= 0.3 is 17.9 Å². The Bertz CT molecular complexity index is 1510. The number of allylic oxidation sites excluding steroid dienone is 25. The zero-order chi connectivity index (χ0) is 45.8. The first-order chi connectivity index (χ1) is 31.0. The van der Waals surface area contributed by atoms with Gasteiger partial charge in [0.25, 0.3) is 0 Å². The molecule has 0 aromatic carbocycles. The van der Waals surface area contributed by atoms with Crippen LogP contribution in [0.1, 0.15) is 162 Å². The van der Waals surface area contributed by atoms with Crippen molar-refractivity contribution < 1.29 is 28.6 Å². The maximum absolute atomic E-state index is 12.7. The molecule has 0 spiro atoms. The van der Waals surface area contributed by atoms with Gasteiger partial charge in [0, 0.05) is 12.8 Å². The molecule has 0 bridgehead atoms. The lowest BCUT2D eigenvalue weighted by Gasteiger charge is -2.18.